The molecule has 2 nitrogen and oxygen atoms in total. The van der Waals surface area contributed by atoms with Crippen molar-refractivity contribution in [1.82, 2.24) is 4.98 Å². The zero-order valence-corrected chi connectivity index (χ0v) is 12.1. The van der Waals surface area contributed by atoms with E-state index in [1.54, 1.807) is 6.20 Å². The van der Waals surface area contributed by atoms with Crippen molar-refractivity contribution >= 4 is 5.69 Å². The SMILES string of the molecule is CC(Nc1ccc(C(C)(C)C)cc1)c1cccnc1. The van der Waals surface area contributed by atoms with Crippen molar-refractivity contribution in [3.05, 3.63) is 59.9 Å². The van der Waals surface area contributed by atoms with Crippen molar-refractivity contribution in [1.29, 1.82) is 0 Å². The van der Waals surface area contributed by atoms with E-state index in [9.17, 15) is 0 Å². The van der Waals surface area contributed by atoms with Gasteiger partial charge in [-0.1, -0.05) is 39.0 Å². The average molecular weight is 254 g/mol. The normalized spacial score (nSPS) is 13.1. The van der Waals surface area contributed by atoms with Gasteiger partial charge in [0.15, 0.2) is 0 Å². The molecule has 2 heteroatoms. The molecule has 100 valence electrons. The van der Waals surface area contributed by atoms with Gasteiger partial charge in [0, 0.05) is 18.1 Å². The van der Waals surface area contributed by atoms with Crippen LogP contribution in [0.3, 0.4) is 0 Å². The first-order valence-corrected chi connectivity index (χ1v) is 6.74. The summed E-state index contributed by atoms with van der Waals surface area (Å²) in [6.07, 6.45) is 3.70. The Balaban J connectivity index is 2.08. The molecule has 0 aliphatic rings. The molecular weight excluding hydrogens is 232 g/mol. The lowest BCUT2D eigenvalue weighted by atomic mass is 9.87. The highest BCUT2D eigenvalue weighted by atomic mass is 14.9. The van der Waals surface area contributed by atoms with Gasteiger partial charge in [0.2, 0.25) is 0 Å². The average Bonchev–Trinajstić information content (AvgIpc) is 2.39. The summed E-state index contributed by atoms with van der Waals surface area (Å²) in [6, 6.07) is 13.0. The molecule has 0 saturated heterocycles. The van der Waals surface area contributed by atoms with E-state index in [2.05, 4.69) is 68.3 Å². The highest BCUT2D eigenvalue weighted by Crippen LogP contribution is 2.25. The molecule has 1 unspecified atom stereocenters. The van der Waals surface area contributed by atoms with Gasteiger partial charge in [-0.3, -0.25) is 4.98 Å². The number of anilines is 1. The molecule has 0 aliphatic heterocycles. The van der Waals surface area contributed by atoms with Gasteiger partial charge in [-0.2, -0.15) is 0 Å². The molecule has 2 aromatic rings. The number of nitrogens with zero attached hydrogens (tertiary/aromatic N) is 1. The third kappa shape index (κ3) is 3.57. The van der Waals surface area contributed by atoms with Gasteiger partial charge >= 0.3 is 0 Å². The van der Waals surface area contributed by atoms with Crippen molar-refractivity contribution in [3.8, 4) is 0 Å². The summed E-state index contributed by atoms with van der Waals surface area (Å²) in [5.41, 5.74) is 3.90. The number of rotatable bonds is 3. The second-order valence-corrected chi connectivity index (χ2v) is 5.98. The van der Waals surface area contributed by atoms with Crippen LogP contribution < -0.4 is 5.32 Å². The van der Waals surface area contributed by atoms with Crippen LogP contribution in [0.1, 0.15) is 44.9 Å². The standard InChI is InChI=1S/C17H22N2/c1-13(14-6-5-11-18-12-14)19-16-9-7-15(8-10-16)17(2,3)4/h5-13,19H,1-4H3. The molecule has 0 fully saturated rings. The Labute approximate surface area is 115 Å². The zero-order valence-electron chi connectivity index (χ0n) is 12.1. The van der Waals surface area contributed by atoms with Crippen molar-refractivity contribution < 1.29 is 0 Å². The monoisotopic (exact) mass is 254 g/mol. The van der Waals surface area contributed by atoms with Crippen LogP contribution in [0.25, 0.3) is 0 Å². The number of nitrogens with one attached hydrogen (secondary N) is 1. The number of hydrogen-bond donors (Lipinski definition) is 1. The molecule has 0 spiro atoms. The molecule has 1 heterocycles. The van der Waals surface area contributed by atoms with Crippen molar-refractivity contribution in [2.75, 3.05) is 5.32 Å². The third-order valence-corrected chi connectivity index (χ3v) is 3.32. The third-order valence-electron chi connectivity index (χ3n) is 3.32. The van der Waals surface area contributed by atoms with E-state index >= 15 is 0 Å². The van der Waals surface area contributed by atoms with Crippen LogP contribution in [-0.2, 0) is 5.41 Å². The van der Waals surface area contributed by atoms with Gasteiger partial charge in [0.05, 0.1) is 6.04 Å². The van der Waals surface area contributed by atoms with E-state index in [-0.39, 0.29) is 11.5 Å². The molecule has 0 radical (unpaired) electrons. The zero-order chi connectivity index (χ0) is 13.9. The summed E-state index contributed by atoms with van der Waals surface area (Å²) >= 11 is 0. The van der Waals surface area contributed by atoms with E-state index in [1.807, 2.05) is 12.3 Å². The molecule has 1 aromatic carbocycles. The maximum absolute atomic E-state index is 4.15. The van der Waals surface area contributed by atoms with E-state index in [1.165, 1.54) is 11.1 Å². The second-order valence-electron chi connectivity index (χ2n) is 5.98. The van der Waals surface area contributed by atoms with Crippen molar-refractivity contribution in [2.45, 2.75) is 39.2 Å². The van der Waals surface area contributed by atoms with Crippen LogP contribution in [0.2, 0.25) is 0 Å². The molecule has 1 aromatic heterocycles. The minimum absolute atomic E-state index is 0.202. The minimum Gasteiger partial charge on any atom is -0.378 e. The predicted octanol–water partition coefficient (Wildman–Crippen LogP) is 4.55. The molecule has 0 amide bonds. The quantitative estimate of drug-likeness (QED) is 0.869. The molecule has 0 bridgehead atoms. The lowest BCUT2D eigenvalue weighted by Gasteiger charge is -2.20. The largest absolute Gasteiger partial charge is 0.378 e. The minimum atomic E-state index is 0.202. The first kappa shape index (κ1) is 13.6. The Morgan fingerprint density at radius 3 is 2.26 bits per heavy atom. The number of hydrogen-bond acceptors (Lipinski definition) is 2. The fourth-order valence-electron chi connectivity index (χ4n) is 2.03. The van der Waals surface area contributed by atoms with Gasteiger partial charge in [-0.25, -0.2) is 0 Å². The Morgan fingerprint density at radius 1 is 1.05 bits per heavy atom. The Morgan fingerprint density at radius 2 is 1.74 bits per heavy atom. The number of aromatic nitrogens is 1. The van der Waals surface area contributed by atoms with Crippen LogP contribution >= 0.6 is 0 Å². The molecule has 1 atom stereocenters. The van der Waals surface area contributed by atoms with Gasteiger partial charge in [0.1, 0.15) is 0 Å². The van der Waals surface area contributed by atoms with E-state index < -0.39 is 0 Å². The van der Waals surface area contributed by atoms with Crippen LogP contribution in [0.15, 0.2) is 48.8 Å². The molecule has 0 aliphatic carbocycles. The van der Waals surface area contributed by atoms with Crippen LogP contribution in [0, 0.1) is 0 Å². The maximum atomic E-state index is 4.15. The Hall–Kier alpha value is -1.83. The highest BCUT2D eigenvalue weighted by Gasteiger charge is 2.13. The maximum Gasteiger partial charge on any atom is 0.0500 e. The first-order valence-electron chi connectivity index (χ1n) is 6.74. The summed E-state index contributed by atoms with van der Waals surface area (Å²) in [5, 5.41) is 3.50. The van der Waals surface area contributed by atoms with Crippen molar-refractivity contribution in [2.24, 2.45) is 0 Å². The Kier molecular flexibility index (Phi) is 3.89. The van der Waals surface area contributed by atoms with Gasteiger partial charge in [0.25, 0.3) is 0 Å². The number of benzene rings is 1. The van der Waals surface area contributed by atoms with Gasteiger partial charge in [-0.05, 0) is 41.7 Å². The summed E-state index contributed by atoms with van der Waals surface area (Å²) in [6.45, 7) is 8.84. The first-order chi connectivity index (χ1) is 8.97. The van der Waals surface area contributed by atoms with E-state index in [0.717, 1.165) is 5.69 Å². The summed E-state index contributed by atoms with van der Waals surface area (Å²) < 4.78 is 0. The molecule has 2 rings (SSSR count). The van der Waals surface area contributed by atoms with Gasteiger partial charge < -0.3 is 5.32 Å². The smallest absolute Gasteiger partial charge is 0.0500 e. The molecular formula is C17H22N2. The fourth-order valence-corrected chi connectivity index (χ4v) is 2.03. The lowest BCUT2D eigenvalue weighted by Crippen LogP contribution is -2.11. The van der Waals surface area contributed by atoms with Crippen LogP contribution in [0.4, 0.5) is 5.69 Å². The topological polar surface area (TPSA) is 24.9 Å². The highest BCUT2D eigenvalue weighted by molar-refractivity contribution is 5.47. The molecule has 19 heavy (non-hydrogen) atoms. The summed E-state index contributed by atoms with van der Waals surface area (Å²) in [4.78, 5) is 4.15. The van der Waals surface area contributed by atoms with Crippen molar-refractivity contribution in [3.63, 3.8) is 0 Å². The summed E-state index contributed by atoms with van der Waals surface area (Å²) in [7, 11) is 0. The van der Waals surface area contributed by atoms with Crippen LogP contribution in [0.5, 0.6) is 0 Å². The van der Waals surface area contributed by atoms with E-state index in [4.69, 9.17) is 0 Å². The predicted molar refractivity (Wildman–Crippen MR) is 81.4 cm³/mol. The van der Waals surface area contributed by atoms with Gasteiger partial charge in [-0.15, -0.1) is 0 Å². The second kappa shape index (κ2) is 5.43. The lowest BCUT2D eigenvalue weighted by molar-refractivity contribution is 0.590. The number of pyridine rings is 1. The van der Waals surface area contributed by atoms with Crippen LogP contribution in [-0.4, -0.2) is 4.98 Å². The molecule has 0 saturated carbocycles. The fraction of sp³-hybridized carbons (Fsp3) is 0.353. The Bertz CT molecular complexity index is 509. The summed E-state index contributed by atoms with van der Waals surface area (Å²) in [5.74, 6) is 0. The molecule has 1 N–H and O–H groups in total. The van der Waals surface area contributed by atoms with E-state index in [0.29, 0.717) is 0 Å².